The molecule has 0 aromatic rings. The molecule has 0 aromatic heterocycles. The molecule has 2 nitrogen and oxygen atoms in total. The number of allylic oxidation sites excluding steroid dienone is 3. The van der Waals surface area contributed by atoms with Gasteiger partial charge in [0.1, 0.15) is 12.4 Å². The molecular weight excluding hydrogens is 140 g/mol. The lowest BCUT2D eigenvalue weighted by Gasteiger charge is -2.08. The minimum Gasteiger partial charge on any atom is -0.492 e. The maximum absolute atomic E-state index is 5.37. The van der Waals surface area contributed by atoms with Crippen molar-refractivity contribution in [1.82, 2.24) is 0 Å². The van der Waals surface area contributed by atoms with Gasteiger partial charge in [0, 0.05) is 7.11 Å². The van der Waals surface area contributed by atoms with Crippen LogP contribution in [-0.2, 0) is 9.47 Å². The van der Waals surface area contributed by atoms with Crippen LogP contribution in [-0.4, -0.2) is 20.3 Å². The highest BCUT2D eigenvalue weighted by atomic mass is 16.5. The second kappa shape index (κ2) is 4.97. The van der Waals surface area contributed by atoms with Crippen LogP contribution in [0.5, 0.6) is 0 Å². The summed E-state index contributed by atoms with van der Waals surface area (Å²) in [6.45, 7) is 1.30. The van der Waals surface area contributed by atoms with E-state index in [2.05, 4.69) is 12.2 Å². The van der Waals surface area contributed by atoms with Crippen LogP contribution < -0.4 is 0 Å². The van der Waals surface area contributed by atoms with E-state index in [1.165, 1.54) is 0 Å². The Kier molecular flexibility index (Phi) is 3.76. The summed E-state index contributed by atoms with van der Waals surface area (Å²) in [6.07, 6.45) is 8.48. The van der Waals surface area contributed by atoms with Gasteiger partial charge in [-0.1, -0.05) is 6.08 Å². The van der Waals surface area contributed by atoms with E-state index in [-0.39, 0.29) is 0 Å². The lowest BCUT2D eigenvalue weighted by Crippen LogP contribution is -2.01. The molecule has 0 aromatic carbocycles. The summed E-state index contributed by atoms with van der Waals surface area (Å²) in [5.74, 6) is 0.980. The summed E-state index contributed by atoms with van der Waals surface area (Å²) in [4.78, 5) is 0. The zero-order valence-corrected chi connectivity index (χ0v) is 6.88. The van der Waals surface area contributed by atoms with Gasteiger partial charge in [-0.15, -0.1) is 0 Å². The third kappa shape index (κ3) is 3.23. The summed E-state index contributed by atoms with van der Waals surface area (Å²) in [7, 11) is 1.68. The van der Waals surface area contributed by atoms with E-state index in [1.807, 2.05) is 6.08 Å². The predicted octanol–water partition coefficient (Wildman–Crippen LogP) is 1.88. The topological polar surface area (TPSA) is 18.5 Å². The molecule has 1 aliphatic rings. The predicted molar refractivity (Wildman–Crippen MR) is 44.3 cm³/mol. The monoisotopic (exact) mass is 154 g/mol. The van der Waals surface area contributed by atoms with Gasteiger partial charge in [-0.25, -0.2) is 0 Å². The molecule has 11 heavy (non-hydrogen) atoms. The lowest BCUT2D eigenvalue weighted by atomic mass is 10.2. The minimum absolute atomic E-state index is 0.646. The summed E-state index contributed by atoms with van der Waals surface area (Å²) in [5.41, 5.74) is 0. The molecule has 1 aliphatic carbocycles. The zero-order chi connectivity index (χ0) is 7.94. The molecule has 0 bridgehead atoms. The van der Waals surface area contributed by atoms with Crippen molar-refractivity contribution in [3.63, 3.8) is 0 Å². The third-order valence-electron chi connectivity index (χ3n) is 1.52. The lowest BCUT2D eigenvalue weighted by molar-refractivity contribution is 0.114. The van der Waals surface area contributed by atoms with E-state index >= 15 is 0 Å². The number of methoxy groups -OCH3 is 1. The molecule has 0 N–H and O–H groups in total. The van der Waals surface area contributed by atoms with Crippen LogP contribution in [0.15, 0.2) is 24.0 Å². The van der Waals surface area contributed by atoms with Crippen molar-refractivity contribution >= 4 is 0 Å². The van der Waals surface area contributed by atoms with Gasteiger partial charge >= 0.3 is 0 Å². The molecule has 0 atom stereocenters. The quantitative estimate of drug-likeness (QED) is 0.576. The first-order chi connectivity index (χ1) is 5.43. The second-order valence-corrected chi connectivity index (χ2v) is 2.43. The zero-order valence-electron chi connectivity index (χ0n) is 6.88. The van der Waals surface area contributed by atoms with E-state index < -0.39 is 0 Å². The van der Waals surface area contributed by atoms with E-state index in [9.17, 15) is 0 Å². The van der Waals surface area contributed by atoms with Crippen molar-refractivity contribution in [2.24, 2.45) is 0 Å². The van der Waals surface area contributed by atoms with Crippen LogP contribution >= 0.6 is 0 Å². The molecule has 0 aliphatic heterocycles. The molecule has 0 saturated heterocycles. The number of rotatable bonds is 4. The van der Waals surface area contributed by atoms with Gasteiger partial charge in [0.05, 0.1) is 6.61 Å². The Morgan fingerprint density at radius 1 is 1.36 bits per heavy atom. The number of hydrogen-bond donors (Lipinski definition) is 0. The highest BCUT2D eigenvalue weighted by Crippen LogP contribution is 2.09. The molecule has 2 heteroatoms. The van der Waals surface area contributed by atoms with Gasteiger partial charge in [0.15, 0.2) is 0 Å². The fourth-order valence-electron chi connectivity index (χ4n) is 0.939. The SMILES string of the molecule is COCCOC1=CCCC=C1. The summed E-state index contributed by atoms with van der Waals surface area (Å²) in [5, 5.41) is 0. The molecule has 0 amide bonds. The Bertz CT molecular complexity index is 159. The molecule has 0 heterocycles. The molecular formula is C9H14O2. The van der Waals surface area contributed by atoms with Crippen LogP contribution in [0.2, 0.25) is 0 Å². The van der Waals surface area contributed by atoms with Gasteiger partial charge in [0.25, 0.3) is 0 Å². The Morgan fingerprint density at radius 2 is 2.27 bits per heavy atom. The van der Waals surface area contributed by atoms with Crippen molar-refractivity contribution in [2.75, 3.05) is 20.3 Å². The van der Waals surface area contributed by atoms with E-state index in [0.29, 0.717) is 13.2 Å². The molecule has 0 spiro atoms. The molecule has 1 rings (SSSR count). The first-order valence-corrected chi connectivity index (χ1v) is 3.92. The maximum Gasteiger partial charge on any atom is 0.115 e. The van der Waals surface area contributed by atoms with Crippen molar-refractivity contribution < 1.29 is 9.47 Å². The smallest absolute Gasteiger partial charge is 0.115 e. The summed E-state index contributed by atoms with van der Waals surface area (Å²) < 4.78 is 10.2. The van der Waals surface area contributed by atoms with Crippen LogP contribution in [0, 0.1) is 0 Å². The fraction of sp³-hybridized carbons (Fsp3) is 0.556. The highest BCUT2D eigenvalue weighted by molar-refractivity contribution is 5.15. The van der Waals surface area contributed by atoms with Crippen molar-refractivity contribution in [2.45, 2.75) is 12.8 Å². The third-order valence-corrected chi connectivity index (χ3v) is 1.52. The fourth-order valence-corrected chi connectivity index (χ4v) is 0.939. The first-order valence-electron chi connectivity index (χ1n) is 3.92. The van der Waals surface area contributed by atoms with Gasteiger partial charge in [-0.05, 0) is 25.0 Å². The second-order valence-electron chi connectivity index (χ2n) is 2.43. The van der Waals surface area contributed by atoms with Gasteiger partial charge < -0.3 is 9.47 Å². The molecule has 62 valence electrons. The number of ether oxygens (including phenoxy) is 2. The van der Waals surface area contributed by atoms with Gasteiger partial charge in [-0.3, -0.25) is 0 Å². The van der Waals surface area contributed by atoms with Crippen molar-refractivity contribution in [3.8, 4) is 0 Å². The van der Waals surface area contributed by atoms with E-state index in [1.54, 1.807) is 7.11 Å². The van der Waals surface area contributed by atoms with Crippen molar-refractivity contribution in [1.29, 1.82) is 0 Å². The Labute approximate surface area is 67.5 Å². The van der Waals surface area contributed by atoms with E-state index in [4.69, 9.17) is 9.47 Å². The van der Waals surface area contributed by atoms with Gasteiger partial charge in [-0.2, -0.15) is 0 Å². The summed E-state index contributed by atoms with van der Waals surface area (Å²) in [6, 6.07) is 0. The van der Waals surface area contributed by atoms with Crippen molar-refractivity contribution in [3.05, 3.63) is 24.0 Å². The van der Waals surface area contributed by atoms with Crippen LogP contribution in [0.4, 0.5) is 0 Å². The Morgan fingerprint density at radius 3 is 2.91 bits per heavy atom. The molecule has 0 fully saturated rings. The van der Waals surface area contributed by atoms with Crippen LogP contribution in [0.1, 0.15) is 12.8 Å². The normalized spacial score (nSPS) is 16.3. The Hall–Kier alpha value is -0.760. The van der Waals surface area contributed by atoms with Crippen LogP contribution in [0.25, 0.3) is 0 Å². The van der Waals surface area contributed by atoms with Crippen LogP contribution in [0.3, 0.4) is 0 Å². The first kappa shape index (κ1) is 8.34. The molecule has 0 radical (unpaired) electrons. The maximum atomic E-state index is 5.37. The van der Waals surface area contributed by atoms with E-state index in [0.717, 1.165) is 18.6 Å². The highest BCUT2D eigenvalue weighted by Gasteiger charge is 1.96. The molecule has 0 unspecified atom stereocenters. The number of hydrogen-bond acceptors (Lipinski definition) is 2. The average molecular weight is 154 g/mol. The average Bonchev–Trinajstić information content (AvgIpc) is 2.07. The standard InChI is InChI=1S/C9H14O2/c1-10-7-8-11-9-5-3-2-4-6-9/h3,5-6H,2,4,7-8H2,1H3. The summed E-state index contributed by atoms with van der Waals surface area (Å²) >= 11 is 0. The molecule has 0 saturated carbocycles. The van der Waals surface area contributed by atoms with Gasteiger partial charge in [0.2, 0.25) is 0 Å². The minimum atomic E-state index is 0.646. The largest absolute Gasteiger partial charge is 0.492 e. The Balaban J connectivity index is 2.15.